The van der Waals surface area contributed by atoms with Gasteiger partial charge in [0.1, 0.15) is 0 Å². The second-order valence-corrected chi connectivity index (χ2v) is 9.97. The maximum Gasteiger partial charge on any atom is 0.0689 e. The summed E-state index contributed by atoms with van der Waals surface area (Å²) in [4.78, 5) is 0. The molecular weight excluding hydrogens is 266 g/mol. The van der Waals surface area contributed by atoms with Crippen LogP contribution in [0.25, 0.3) is 0 Å². The van der Waals surface area contributed by atoms with Gasteiger partial charge in [0, 0.05) is 0 Å². The largest absolute Gasteiger partial charge is 0.198 e. The molecule has 4 aliphatic carbocycles. The number of nitriles is 1. The summed E-state index contributed by atoms with van der Waals surface area (Å²) in [5.74, 6) is 4.89. The highest BCUT2D eigenvalue weighted by atomic mass is 14.6. The fraction of sp³-hybridized carbons (Fsp3) is 0.857. The molecule has 0 spiro atoms. The van der Waals surface area contributed by atoms with Gasteiger partial charge in [-0.1, -0.05) is 32.4 Å². The third-order valence-corrected chi connectivity index (χ3v) is 7.92. The number of hydrogen-bond donors (Lipinski definition) is 0. The van der Waals surface area contributed by atoms with Gasteiger partial charge in [-0.15, -0.1) is 0 Å². The Kier molecular flexibility index (Phi) is 3.11. The first kappa shape index (κ1) is 14.8. The lowest BCUT2D eigenvalue weighted by molar-refractivity contribution is -0.0787. The molecule has 1 nitrogen and oxygen atoms in total. The lowest BCUT2D eigenvalue weighted by Gasteiger charge is -2.61. The predicted molar refractivity (Wildman–Crippen MR) is 89.9 cm³/mol. The molecular formula is C21H31N. The van der Waals surface area contributed by atoms with E-state index in [1.807, 2.05) is 0 Å². The van der Waals surface area contributed by atoms with E-state index < -0.39 is 0 Å². The van der Waals surface area contributed by atoms with Crippen LogP contribution in [0.5, 0.6) is 0 Å². The van der Waals surface area contributed by atoms with Crippen molar-refractivity contribution in [3.8, 4) is 6.07 Å². The highest BCUT2D eigenvalue weighted by Gasteiger charge is 2.58. The minimum atomic E-state index is -0.0717. The van der Waals surface area contributed by atoms with Crippen molar-refractivity contribution in [3.63, 3.8) is 0 Å². The van der Waals surface area contributed by atoms with Crippen LogP contribution in [0.4, 0.5) is 0 Å². The van der Waals surface area contributed by atoms with Crippen molar-refractivity contribution in [2.75, 3.05) is 0 Å². The summed E-state index contributed by atoms with van der Waals surface area (Å²) in [7, 11) is 0. The normalized spacial score (nSPS) is 52.2. The van der Waals surface area contributed by atoms with Crippen molar-refractivity contribution in [3.05, 3.63) is 11.6 Å². The highest BCUT2D eigenvalue weighted by Crippen LogP contribution is 2.65. The van der Waals surface area contributed by atoms with E-state index in [-0.39, 0.29) is 5.41 Å². The first-order chi connectivity index (χ1) is 10.3. The molecule has 120 valence electrons. The minimum absolute atomic E-state index is 0.0717. The monoisotopic (exact) mass is 297 g/mol. The molecule has 0 unspecified atom stereocenters. The zero-order valence-corrected chi connectivity index (χ0v) is 14.7. The molecule has 0 N–H and O–H groups in total. The standard InChI is InChI=1S/C21H31N/c1-13-9-15-11-20(2,3)10-14-5-6-17-19(18(14)15)16(13)7-8-21(17,4)12-22/h5,13,15-19H,6-11H2,1-4H3/t13-,15-,16+,17-,18-,19+,21+/m0/s1. The molecule has 7 atom stereocenters. The molecule has 3 fully saturated rings. The molecule has 0 bridgehead atoms. The van der Waals surface area contributed by atoms with Crippen LogP contribution >= 0.6 is 0 Å². The molecule has 4 rings (SSSR count). The third-order valence-electron chi connectivity index (χ3n) is 7.92. The molecule has 0 aliphatic heterocycles. The number of rotatable bonds is 0. The Morgan fingerprint density at radius 1 is 1.27 bits per heavy atom. The molecule has 3 saturated carbocycles. The molecule has 0 aromatic heterocycles. The van der Waals surface area contributed by atoms with Gasteiger partial charge in [0.05, 0.1) is 11.5 Å². The molecule has 0 radical (unpaired) electrons. The topological polar surface area (TPSA) is 23.8 Å². The zero-order chi connectivity index (χ0) is 15.7. The minimum Gasteiger partial charge on any atom is -0.198 e. The van der Waals surface area contributed by atoms with Crippen molar-refractivity contribution in [2.24, 2.45) is 46.3 Å². The van der Waals surface area contributed by atoms with Crippen LogP contribution in [0, 0.1) is 57.7 Å². The van der Waals surface area contributed by atoms with E-state index >= 15 is 0 Å². The van der Waals surface area contributed by atoms with E-state index in [0.717, 1.165) is 36.0 Å². The summed E-state index contributed by atoms with van der Waals surface area (Å²) in [5.41, 5.74) is 2.19. The van der Waals surface area contributed by atoms with Crippen LogP contribution in [0.3, 0.4) is 0 Å². The van der Waals surface area contributed by atoms with E-state index in [9.17, 15) is 5.26 Å². The summed E-state index contributed by atoms with van der Waals surface area (Å²) < 4.78 is 0. The van der Waals surface area contributed by atoms with Gasteiger partial charge in [-0.3, -0.25) is 0 Å². The first-order valence-electron chi connectivity index (χ1n) is 9.45. The maximum absolute atomic E-state index is 9.83. The molecule has 0 saturated heterocycles. The number of hydrogen-bond acceptors (Lipinski definition) is 1. The van der Waals surface area contributed by atoms with Gasteiger partial charge in [0.2, 0.25) is 0 Å². The zero-order valence-electron chi connectivity index (χ0n) is 14.7. The van der Waals surface area contributed by atoms with Gasteiger partial charge in [0.15, 0.2) is 0 Å². The first-order valence-corrected chi connectivity index (χ1v) is 9.45. The lowest BCUT2D eigenvalue weighted by atomic mass is 9.43. The van der Waals surface area contributed by atoms with Gasteiger partial charge in [-0.2, -0.15) is 5.26 Å². The summed E-state index contributed by atoms with van der Waals surface area (Å²) in [6.45, 7) is 9.70. The molecule has 0 aromatic rings. The average Bonchev–Trinajstić information content (AvgIpc) is 2.45. The Labute approximate surface area is 136 Å². The van der Waals surface area contributed by atoms with Crippen LogP contribution in [-0.4, -0.2) is 0 Å². The Morgan fingerprint density at radius 2 is 2.05 bits per heavy atom. The lowest BCUT2D eigenvalue weighted by Crippen LogP contribution is -2.54. The number of allylic oxidation sites excluding steroid dienone is 2. The summed E-state index contributed by atoms with van der Waals surface area (Å²) in [6.07, 6.45) is 10.3. The fourth-order valence-corrected chi connectivity index (χ4v) is 7.12. The maximum atomic E-state index is 9.83. The van der Waals surface area contributed by atoms with Gasteiger partial charge in [-0.05, 0) is 86.4 Å². The van der Waals surface area contributed by atoms with Crippen LogP contribution in [0.1, 0.15) is 66.2 Å². The molecule has 1 heteroatoms. The van der Waals surface area contributed by atoms with Crippen LogP contribution in [-0.2, 0) is 0 Å². The fourth-order valence-electron chi connectivity index (χ4n) is 7.12. The van der Waals surface area contributed by atoms with Crippen molar-refractivity contribution in [1.29, 1.82) is 5.26 Å². The Balaban J connectivity index is 1.78. The van der Waals surface area contributed by atoms with E-state index in [0.29, 0.717) is 11.3 Å². The molecule has 4 aliphatic rings. The molecule has 0 aromatic carbocycles. The van der Waals surface area contributed by atoms with E-state index in [2.05, 4.69) is 39.8 Å². The van der Waals surface area contributed by atoms with Gasteiger partial charge < -0.3 is 0 Å². The van der Waals surface area contributed by atoms with Crippen LogP contribution in [0.15, 0.2) is 11.6 Å². The quantitative estimate of drug-likeness (QED) is 0.535. The Morgan fingerprint density at radius 3 is 2.77 bits per heavy atom. The summed E-state index contributed by atoms with van der Waals surface area (Å²) in [6, 6.07) is 2.74. The number of nitrogens with zero attached hydrogens (tertiary/aromatic N) is 1. The Bertz CT molecular complexity index is 551. The van der Waals surface area contributed by atoms with Crippen LogP contribution < -0.4 is 0 Å². The average molecular weight is 297 g/mol. The molecule has 22 heavy (non-hydrogen) atoms. The van der Waals surface area contributed by atoms with E-state index in [4.69, 9.17) is 0 Å². The van der Waals surface area contributed by atoms with Crippen molar-refractivity contribution >= 4 is 0 Å². The van der Waals surface area contributed by atoms with Crippen molar-refractivity contribution in [1.82, 2.24) is 0 Å². The molecule has 0 amide bonds. The van der Waals surface area contributed by atoms with Crippen molar-refractivity contribution < 1.29 is 0 Å². The third kappa shape index (κ3) is 1.95. The van der Waals surface area contributed by atoms with E-state index in [1.54, 1.807) is 5.57 Å². The smallest absolute Gasteiger partial charge is 0.0689 e. The van der Waals surface area contributed by atoms with E-state index in [1.165, 1.54) is 32.1 Å². The molecule has 0 heterocycles. The predicted octanol–water partition coefficient (Wildman–Crippen LogP) is 5.58. The SMILES string of the molecule is C[C@H]1C[C@H]2CC(C)(C)CC3=CC[C@H]4[C@@H]([C@@H]1CC[C@]4(C)C#N)[C@@H]32. The van der Waals surface area contributed by atoms with Crippen LogP contribution in [0.2, 0.25) is 0 Å². The summed E-state index contributed by atoms with van der Waals surface area (Å²) in [5, 5.41) is 9.83. The van der Waals surface area contributed by atoms with Gasteiger partial charge in [0.25, 0.3) is 0 Å². The second kappa shape index (κ2) is 4.62. The Hall–Kier alpha value is -0.770. The van der Waals surface area contributed by atoms with Crippen molar-refractivity contribution in [2.45, 2.75) is 66.2 Å². The second-order valence-electron chi connectivity index (χ2n) is 9.97. The van der Waals surface area contributed by atoms with Gasteiger partial charge >= 0.3 is 0 Å². The highest BCUT2D eigenvalue weighted by molar-refractivity contribution is 5.25. The van der Waals surface area contributed by atoms with Gasteiger partial charge in [-0.25, -0.2) is 0 Å². The summed E-state index contributed by atoms with van der Waals surface area (Å²) >= 11 is 0.